The summed E-state index contributed by atoms with van der Waals surface area (Å²) in [5, 5.41) is 0. The van der Waals surface area contributed by atoms with Crippen molar-refractivity contribution in [3.63, 3.8) is 0 Å². The van der Waals surface area contributed by atoms with Gasteiger partial charge in [0.25, 0.3) is 0 Å². The number of hydrogen-bond acceptors (Lipinski definition) is 3. The Morgan fingerprint density at radius 3 is 2.50 bits per heavy atom. The van der Waals surface area contributed by atoms with Crippen molar-refractivity contribution in [2.24, 2.45) is 5.73 Å². The molecule has 0 aromatic carbocycles. The molecule has 0 bridgehead atoms. The lowest BCUT2D eigenvalue weighted by molar-refractivity contribution is -0.113. The summed E-state index contributed by atoms with van der Waals surface area (Å²) in [4.78, 5) is 14.0. The summed E-state index contributed by atoms with van der Waals surface area (Å²) in [6.45, 7) is 0. The highest BCUT2D eigenvalue weighted by atomic mass is 79.9. The van der Waals surface area contributed by atoms with E-state index in [1.54, 1.807) is 28.7 Å². The molecule has 0 spiro atoms. The van der Waals surface area contributed by atoms with Crippen molar-refractivity contribution in [3.8, 4) is 9.75 Å². The Balaban J connectivity index is 2.23. The van der Waals surface area contributed by atoms with E-state index in [0.717, 1.165) is 8.66 Å². The van der Waals surface area contributed by atoms with Gasteiger partial charge in [0.05, 0.1) is 3.79 Å². The quantitative estimate of drug-likeness (QED) is 0.862. The summed E-state index contributed by atoms with van der Waals surface area (Å²) in [6, 6.07) is 8.12. The molecule has 2 heterocycles. The van der Waals surface area contributed by atoms with Crippen molar-refractivity contribution >= 4 is 50.6 Å². The van der Waals surface area contributed by atoms with Gasteiger partial charge in [0.1, 0.15) is 0 Å². The first-order valence-corrected chi connectivity index (χ1v) is 6.91. The van der Waals surface area contributed by atoms with Crippen molar-refractivity contribution in [3.05, 3.63) is 39.0 Å². The van der Waals surface area contributed by atoms with Gasteiger partial charge in [0.15, 0.2) is 0 Å². The predicted octanol–water partition coefficient (Wildman–Crippen LogP) is 3.74. The number of rotatable bonds is 3. The Kier molecular flexibility index (Phi) is 3.58. The van der Waals surface area contributed by atoms with E-state index in [4.69, 9.17) is 5.73 Å². The van der Waals surface area contributed by atoms with Gasteiger partial charge in [0, 0.05) is 20.7 Å². The van der Waals surface area contributed by atoms with Crippen LogP contribution < -0.4 is 5.73 Å². The van der Waals surface area contributed by atoms with Crippen LogP contribution in [-0.2, 0) is 4.79 Å². The molecule has 0 aliphatic heterocycles. The molecule has 0 aliphatic rings. The fourth-order valence-corrected chi connectivity index (χ4v) is 3.57. The number of primary amides is 1. The maximum atomic E-state index is 10.6. The summed E-state index contributed by atoms with van der Waals surface area (Å²) in [5.41, 5.74) is 5.04. The number of thiophene rings is 2. The summed E-state index contributed by atoms with van der Waals surface area (Å²) in [7, 11) is 0. The van der Waals surface area contributed by atoms with E-state index >= 15 is 0 Å². The SMILES string of the molecule is NC(=O)/C=C\c1ccc(-c2ccc(Br)s2)s1. The fraction of sp³-hybridized carbons (Fsp3) is 0. The third-order valence-corrected chi connectivity index (χ3v) is 4.72. The average molecular weight is 314 g/mol. The second kappa shape index (κ2) is 4.95. The number of carbonyl (C=O) groups excluding carboxylic acids is 1. The molecule has 2 nitrogen and oxygen atoms in total. The van der Waals surface area contributed by atoms with Gasteiger partial charge in [-0.15, -0.1) is 22.7 Å². The summed E-state index contributed by atoms with van der Waals surface area (Å²) < 4.78 is 1.12. The Hall–Kier alpha value is -0.910. The van der Waals surface area contributed by atoms with Crippen molar-refractivity contribution in [2.45, 2.75) is 0 Å². The van der Waals surface area contributed by atoms with Gasteiger partial charge in [-0.2, -0.15) is 0 Å². The van der Waals surface area contributed by atoms with E-state index < -0.39 is 5.91 Å². The van der Waals surface area contributed by atoms with Gasteiger partial charge in [-0.05, 0) is 46.3 Å². The first-order valence-electron chi connectivity index (χ1n) is 4.48. The first kappa shape index (κ1) is 11.6. The van der Waals surface area contributed by atoms with Crippen molar-refractivity contribution in [2.75, 3.05) is 0 Å². The second-order valence-electron chi connectivity index (χ2n) is 3.04. The van der Waals surface area contributed by atoms with Crippen LogP contribution in [0.2, 0.25) is 0 Å². The third kappa shape index (κ3) is 2.81. The molecule has 0 saturated carbocycles. The maximum absolute atomic E-state index is 10.6. The molecule has 82 valence electrons. The highest BCUT2D eigenvalue weighted by Gasteiger charge is 2.03. The highest BCUT2D eigenvalue weighted by Crippen LogP contribution is 2.35. The van der Waals surface area contributed by atoms with E-state index in [9.17, 15) is 4.79 Å². The third-order valence-electron chi connectivity index (χ3n) is 1.85. The molecule has 2 aromatic heterocycles. The maximum Gasteiger partial charge on any atom is 0.241 e. The largest absolute Gasteiger partial charge is 0.366 e. The van der Waals surface area contributed by atoms with E-state index in [2.05, 4.69) is 22.0 Å². The van der Waals surface area contributed by atoms with Crippen LogP contribution in [0.1, 0.15) is 4.88 Å². The van der Waals surface area contributed by atoms with Crippen LogP contribution in [0, 0.1) is 0 Å². The second-order valence-corrected chi connectivity index (χ2v) is 6.62. The number of carbonyl (C=O) groups is 1. The molecule has 0 fully saturated rings. The van der Waals surface area contributed by atoms with Gasteiger partial charge in [-0.3, -0.25) is 4.79 Å². The zero-order valence-corrected chi connectivity index (χ0v) is 11.4. The fourth-order valence-electron chi connectivity index (χ4n) is 1.19. The number of halogens is 1. The van der Waals surface area contributed by atoms with Gasteiger partial charge in [-0.25, -0.2) is 0 Å². The van der Waals surface area contributed by atoms with Crippen molar-refractivity contribution in [1.29, 1.82) is 0 Å². The minimum atomic E-state index is -0.422. The molecule has 0 unspecified atom stereocenters. The Bertz CT molecular complexity index is 542. The van der Waals surface area contributed by atoms with Gasteiger partial charge >= 0.3 is 0 Å². The van der Waals surface area contributed by atoms with E-state index in [0.29, 0.717) is 0 Å². The number of amides is 1. The summed E-state index contributed by atoms with van der Waals surface area (Å²) >= 11 is 6.76. The molecule has 2 rings (SSSR count). The number of hydrogen-bond donors (Lipinski definition) is 1. The van der Waals surface area contributed by atoms with Gasteiger partial charge in [-0.1, -0.05) is 0 Å². The van der Waals surface area contributed by atoms with Crippen LogP contribution in [0.15, 0.2) is 34.1 Å². The monoisotopic (exact) mass is 313 g/mol. The van der Waals surface area contributed by atoms with E-state index in [1.165, 1.54) is 15.8 Å². The van der Waals surface area contributed by atoms with Gasteiger partial charge < -0.3 is 5.73 Å². The highest BCUT2D eigenvalue weighted by molar-refractivity contribution is 9.11. The lowest BCUT2D eigenvalue weighted by atomic mass is 10.3. The van der Waals surface area contributed by atoms with Crippen LogP contribution in [0.5, 0.6) is 0 Å². The van der Waals surface area contributed by atoms with E-state index in [-0.39, 0.29) is 0 Å². The Morgan fingerprint density at radius 1 is 1.19 bits per heavy atom. The Morgan fingerprint density at radius 2 is 1.88 bits per heavy atom. The molecule has 2 aromatic rings. The zero-order chi connectivity index (χ0) is 11.5. The average Bonchev–Trinajstić information content (AvgIpc) is 2.83. The normalized spacial score (nSPS) is 11.1. The smallest absolute Gasteiger partial charge is 0.241 e. The zero-order valence-electron chi connectivity index (χ0n) is 8.14. The molecular weight excluding hydrogens is 306 g/mol. The molecule has 0 radical (unpaired) electrons. The topological polar surface area (TPSA) is 43.1 Å². The molecule has 5 heteroatoms. The van der Waals surface area contributed by atoms with Gasteiger partial charge in [0.2, 0.25) is 5.91 Å². The van der Waals surface area contributed by atoms with E-state index in [1.807, 2.05) is 18.2 Å². The molecular formula is C11H8BrNOS2. The van der Waals surface area contributed by atoms with Crippen molar-refractivity contribution < 1.29 is 4.79 Å². The first-order chi connectivity index (χ1) is 7.65. The minimum absolute atomic E-state index is 0.422. The predicted molar refractivity (Wildman–Crippen MR) is 73.6 cm³/mol. The van der Waals surface area contributed by atoms with Crippen LogP contribution in [0.25, 0.3) is 15.8 Å². The minimum Gasteiger partial charge on any atom is -0.366 e. The molecule has 1 amide bonds. The Labute approximate surface area is 110 Å². The van der Waals surface area contributed by atoms with Crippen molar-refractivity contribution in [1.82, 2.24) is 0 Å². The molecule has 2 N–H and O–H groups in total. The lowest BCUT2D eigenvalue weighted by Crippen LogP contribution is -2.04. The van der Waals surface area contributed by atoms with Crippen LogP contribution >= 0.6 is 38.6 Å². The molecule has 0 aliphatic carbocycles. The standard InChI is InChI=1S/C11H8BrNOS2/c12-10-5-4-9(16-10)8-3-1-7(15-8)2-6-11(13)14/h1-6H,(H2,13,14)/b6-2-. The van der Waals surface area contributed by atoms with Crippen LogP contribution in [-0.4, -0.2) is 5.91 Å². The summed E-state index contributed by atoms with van der Waals surface area (Å²) in [6.07, 6.45) is 3.11. The molecule has 16 heavy (non-hydrogen) atoms. The van der Waals surface area contributed by atoms with Crippen LogP contribution in [0.4, 0.5) is 0 Å². The molecule has 0 saturated heterocycles. The molecule has 0 atom stereocenters. The summed E-state index contributed by atoms with van der Waals surface area (Å²) in [5.74, 6) is -0.422. The number of nitrogens with two attached hydrogens (primary N) is 1. The van der Waals surface area contributed by atoms with Crippen LogP contribution in [0.3, 0.4) is 0 Å². The lowest BCUT2D eigenvalue weighted by Gasteiger charge is -1.87.